The predicted molar refractivity (Wildman–Crippen MR) is 110 cm³/mol. The Morgan fingerprint density at radius 2 is 2.00 bits per heavy atom. The zero-order chi connectivity index (χ0) is 18.3. The van der Waals surface area contributed by atoms with Crippen LogP contribution in [0.25, 0.3) is 0 Å². The lowest BCUT2D eigenvalue weighted by Gasteiger charge is -2.27. The molecule has 2 N–H and O–H groups in total. The number of aromatic nitrogens is 1. The number of anilines is 1. The second-order valence-corrected chi connectivity index (χ2v) is 8.34. The van der Waals surface area contributed by atoms with Gasteiger partial charge in [-0.2, -0.15) is 0 Å². The van der Waals surface area contributed by atoms with Crippen molar-refractivity contribution in [1.82, 2.24) is 10.3 Å². The van der Waals surface area contributed by atoms with Crippen molar-refractivity contribution in [2.75, 3.05) is 4.90 Å². The van der Waals surface area contributed by atoms with Crippen molar-refractivity contribution in [3.05, 3.63) is 74.7 Å². The van der Waals surface area contributed by atoms with Gasteiger partial charge in [-0.3, -0.25) is 4.98 Å². The van der Waals surface area contributed by atoms with Gasteiger partial charge in [0.2, 0.25) is 0 Å². The molecule has 1 aromatic carbocycles. The van der Waals surface area contributed by atoms with E-state index in [0.717, 1.165) is 10.6 Å². The average Bonchev–Trinajstić information content (AvgIpc) is 3.21. The molecule has 26 heavy (non-hydrogen) atoms. The Labute approximate surface area is 170 Å². The maximum atomic E-state index is 10.4. The molecule has 0 amide bonds. The first-order chi connectivity index (χ1) is 12.5. The highest BCUT2D eigenvalue weighted by Crippen LogP contribution is 2.46. The topological polar surface area (TPSA) is 48.4 Å². The van der Waals surface area contributed by atoms with Crippen LogP contribution in [0.5, 0.6) is 5.75 Å². The van der Waals surface area contributed by atoms with E-state index in [4.69, 9.17) is 35.4 Å². The molecule has 0 spiro atoms. The summed E-state index contributed by atoms with van der Waals surface area (Å²) in [5.74, 6) is 0.105. The van der Waals surface area contributed by atoms with Crippen LogP contribution in [0.1, 0.15) is 22.7 Å². The van der Waals surface area contributed by atoms with Gasteiger partial charge in [-0.25, -0.2) is 0 Å². The molecule has 0 radical (unpaired) electrons. The maximum absolute atomic E-state index is 10.4. The lowest BCUT2D eigenvalue weighted by Crippen LogP contribution is -2.29. The summed E-state index contributed by atoms with van der Waals surface area (Å²) in [5, 5.41) is 14.8. The van der Waals surface area contributed by atoms with Gasteiger partial charge in [0.25, 0.3) is 0 Å². The molecule has 0 bridgehead atoms. The second-order valence-electron chi connectivity index (χ2n) is 5.77. The summed E-state index contributed by atoms with van der Waals surface area (Å²) < 4.78 is 0.688. The first-order valence-corrected chi connectivity index (χ1v) is 9.77. The van der Waals surface area contributed by atoms with E-state index in [2.05, 4.69) is 10.3 Å². The quantitative estimate of drug-likeness (QED) is 0.559. The Morgan fingerprint density at radius 1 is 1.15 bits per heavy atom. The summed E-state index contributed by atoms with van der Waals surface area (Å²) >= 11 is 19.4. The van der Waals surface area contributed by atoms with Gasteiger partial charge in [0.1, 0.15) is 5.75 Å². The Balaban J connectivity index is 1.86. The number of aromatic hydroxyl groups is 1. The van der Waals surface area contributed by atoms with Crippen molar-refractivity contribution in [3.63, 3.8) is 0 Å². The third-order valence-electron chi connectivity index (χ3n) is 4.18. The van der Waals surface area contributed by atoms with Gasteiger partial charge < -0.3 is 15.3 Å². The molecule has 2 atom stereocenters. The van der Waals surface area contributed by atoms with Crippen molar-refractivity contribution >= 4 is 57.6 Å². The number of nitrogens with zero attached hydrogens (tertiary/aromatic N) is 2. The van der Waals surface area contributed by atoms with Gasteiger partial charge in [0.05, 0.1) is 27.8 Å². The monoisotopic (exact) mass is 421 g/mol. The normalized spacial score (nSPS) is 19.6. The minimum atomic E-state index is -0.209. The molecular formula is C18H13Cl2N3OS2. The summed E-state index contributed by atoms with van der Waals surface area (Å²) in [6, 6.07) is 14.1. The Kier molecular flexibility index (Phi) is 4.75. The van der Waals surface area contributed by atoms with Crippen LogP contribution in [0, 0.1) is 0 Å². The average molecular weight is 422 g/mol. The number of thiocarbonyl (C=S) groups is 1. The van der Waals surface area contributed by atoms with Gasteiger partial charge in [0, 0.05) is 16.1 Å². The number of hydrogen-bond acceptors (Lipinski definition) is 4. The fourth-order valence-corrected chi connectivity index (χ4v) is 4.78. The molecule has 4 rings (SSSR count). The number of rotatable bonds is 3. The molecule has 4 nitrogen and oxygen atoms in total. The number of phenolic OH excluding ortho intramolecular Hbond substituents is 1. The minimum absolute atomic E-state index is 0.105. The number of phenols is 1. The molecular weight excluding hydrogens is 409 g/mol. The molecule has 0 aliphatic carbocycles. The summed E-state index contributed by atoms with van der Waals surface area (Å²) in [5.41, 5.74) is 1.40. The molecule has 8 heteroatoms. The number of pyridine rings is 1. The van der Waals surface area contributed by atoms with Crippen LogP contribution in [0.4, 0.5) is 5.69 Å². The first-order valence-electron chi connectivity index (χ1n) is 7.79. The SMILES string of the molecule is Oc1ccc(Cl)cc1N1C(=S)N[C@@H](c2ccccn2)[C@H]1c1ccc(Cl)s1. The van der Waals surface area contributed by atoms with Gasteiger partial charge in [-0.1, -0.05) is 29.3 Å². The van der Waals surface area contributed by atoms with E-state index >= 15 is 0 Å². The van der Waals surface area contributed by atoms with Crippen molar-refractivity contribution in [2.45, 2.75) is 12.1 Å². The van der Waals surface area contributed by atoms with E-state index in [1.165, 1.54) is 11.3 Å². The van der Waals surface area contributed by atoms with Gasteiger partial charge in [-0.05, 0) is 54.7 Å². The lowest BCUT2D eigenvalue weighted by molar-refractivity contribution is 0.473. The van der Waals surface area contributed by atoms with Gasteiger partial charge in [0.15, 0.2) is 5.11 Å². The molecule has 0 saturated carbocycles. The zero-order valence-corrected chi connectivity index (χ0v) is 16.4. The van der Waals surface area contributed by atoms with Crippen LogP contribution < -0.4 is 10.2 Å². The first kappa shape index (κ1) is 17.5. The summed E-state index contributed by atoms with van der Waals surface area (Å²) in [6.45, 7) is 0. The third-order valence-corrected chi connectivity index (χ3v) is 6.03. The fourth-order valence-electron chi connectivity index (χ4n) is 3.08. The van der Waals surface area contributed by atoms with Crippen LogP contribution in [-0.4, -0.2) is 15.2 Å². The molecule has 1 saturated heterocycles. The highest BCUT2D eigenvalue weighted by atomic mass is 35.5. The molecule has 1 aliphatic rings. The van der Waals surface area contributed by atoms with E-state index in [0.29, 0.717) is 20.2 Å². The fraction of sp³-hybridized carbons (Fsp3) is 0.111. The van der Waals surface area contributed by atoms with E-state index in [1.54, 1.807) is 24.4 Å². The van der Waals surface area contributed by atoms with Crippen LogP contribution in [0.3, 0.4) is 0 Å². The van der Waals surface area contributed by atoms with Crippen molar-refractivity contribution < 1.29 is 5.11 Å². The van der Waals surface area contributed by atoms with E-state index < -0.39 is 0 Å². The second kappa shape index (κ2) is 7.04. The maximum Gasteiger partial charge on any atom is 0.174 e. The van der Waals surface area contributed by atoms with Crippen molar-refractivity contribution in [2.24, 2.45) is 0 Å². The Hall–Kier alpha value is -1.86. The largest absolute Gasteiger partial charge is 0.506 e. The van der Waals surface area contributed by atoms with Crippen LogP contribution in [0.2, 0.25) is 9.36 Å². The number of benzene rings is 1. The highest BCUT2D eigenvalue weighted by molar-refractivity contribution is 7.80. The number of thiophene rings is 1. The molecule has 3 aromatic rings. The molecule has 1 aliphatic heterocycles. The molecule has 132 valence electrons. The smallest absolute Gasteiger partial charge is 0.174 e. The number of nitrogens with one attached hydrogen (secondary N) is 1. The van der Waals surface area contributed by atoms with Gasteiger partial charge in [-0.15, -0.1) is 11.3 Å². The number of halogens is 2. The van der Waals surface area contributed by atoms with Crippen LogP contribution >= 0.6 is 46.8 Å². The highest BCUT2D eigenvalue weighted by Gasteiger charge is 2.42. The third kappa shape index (κ3) is 3.14. The summed E-state index contributed by atoms with van der Waals surface area (Å²) in [4.78, 5) is 7.36. The zero-order valence-electron chi connectivity index (χ0n) is 13.3. The molecule has 1 fully saturated rings. The Morgan fingerprint density at radius 3 is 2.69 bits per heavy atom. The summed E-state index contributed by atoms with van der Waals surface area (Å²) in [6.07, 6.45) is 1.75. The van der Waals surface area contributed by atoms with Crippen LogP contribution in [0.15, 0.2) is 54.7 Å². The lowest BCUT2D eigenvalue weighted by atomic mass is 10.0. The summed E-state index contributed by atoms with van der Waals surface area (Å²) in [7, 11) is 0. The van der Waals surface area contributed by atoms with Crippen molar-refractivity contribution in [1.29, 1.82) is 0 Å². The standard InChI is InChI=1S/C18H13Cl2N3OS2/c19-10-4-5-13(24)12(9-10)23-17(14-6-7-15(20)26-14)16(22-18(23)25)11-3-1-2-8-21-11/h1-9,16-17,24H,(H,22,25)/t16-,17+/m0/s1. The van der Waals surface area contributed by atoms with Crippen LogP contribution in [-0.2, 0) is 0 Å². The molecule has 2 aromatic heterocycles. The van der Waals surface area contributed by atoms with Crippen molar-refractivity contribution in [3.8, 4) is 5.75 Å². The van der Waals surface area contributed by atoms with Gasteiger partial charge >= 0.3 is 0 Å². The van der Waals surface area contributed by atoms with E-state index in [1.807, 2.05) is 35.2 Å². The predicted octanol–water partition coefficient (Wildman–Crippen LogP) is 5.33. The van der Waals surface area contributed by atoms with E-state index in [-0.39, 0.29) is 17.8 Å². The Bertz CT molecular complexity index is 964. The van der Waals surface area contributed by atoms with E-state index in [9.17, 15) is 5.11 Å². The molecule has 3 heterocycles. The molecule has 0 unspecified atom stereocenters. The minimum Gasteiger partial charge on any atom is -0.506 e. The number of hydrogen-bond donors (Lipinski definition) is 2.